The second-order valence-corrected chi connectivity index (χ2v) is 14.9. The van der Waals surface area contributed by atoms with Gasteiger partial charge in [0.15, 0.2) is 0 Å². The highest BCUT2D eigenvalue weighted by atomic mass is 32.2. The van der Waals surface area contributed by atoms with Crippen molar-refractivity contribution in [1.82, 2.24) is 14.9 Å². The summed E-state index contributed by atoms with van der Waals surface area (Å²) in [4.78, 5) is 13.4. The minimum absolute atomic E-state index is 0.0328. The number of aromatic hydroxyl groups is 1. The molecule has 0 radical (unpaired) electrons. The van der Waals surface area contributed by atoms with E-state index in [9.17, 15) is 27.1 Å². The van der Waals surface area contributed by atoms with Crippen LogP contribution >= 0.6 is 0 Å². The zero-order valence-electron chi connectivity index (χ0n) is 28.6. The number of piperazine rings is 1. The number of hydrogen-bond acceptors (Lipinski definition) is 5. The molecule has 270 valence electrons. The molecular weight excluding hydrogens is 688 g/mol. The predicted octanol–water partition coefficient (Wildman–Crippen LogP) is 6.95. The Morgan fingerprint density at radius 3 is 2.08 bits per heavy atom. The third kappa shape index (κ3) is 7.48. The fourth-order valence-electron chi connectivity index (χ4n) is 7.39. The fourth-order valence-corrected chi connectivity index (χ4v) is 9.26. The van der Waals surface area contributed by atoms with Crippen LogP contribution in [0.25, 0.3) is 0 Å². The second kappa shape index (κ2) is 15.7. The first-order valence-electron chi connectivity index (χ1n) is 17.2. The number of amides is 1. The van der Waals surface area contributed by atoms with Gasteiger partial charge in [0.25, 0.3) is 5.91 Å². The Morgan fingerprint density at radius 1 is 0.827 bits per heavy atom. The fraction of sp³-hybridized carbons (Fsp3) is 0.244. The standard InChI is InChI=1S/C41H40F3N3O4S/c1-28-26-45-27-33(47(28)52(50,51)34-8-3-2-4-9-34)22-23-35-37(11-7-12-38(35)44)41(29-14-18-31(42)19-15-29,30-16-20-32(43)21-17-30)24-25-46-40(49)36-10-5-6-13-39(36)48/h2-21,28,33,45,48H,22-27H2,1H3,(H,46,49)/t28-,33-/m1/s1. The van der Waals surface area contributed by atoms with Gasteiger partial charge in [-0.15, -0.1) is 0 Å². The number of phenols is 1. The number of benzene rings is 5. The first-order valence-corrected chi connectivity index (χ1v) is 18.6. The molecule has 0 aromatic heterocycles. The molecule has 0 spiro atoms. The lowest BCUT2D eigenvalue weighted by Gasteiger charge is -2.41. The highest BCUT2D eigenvalue weighted by Gasteiger charge is 2.41. The molecule has 52 heavy (non-hydrogen) atoms. The van der Waals surface area contributed by atoms with E-state index in [2.05, 4.69) is 10.6 Å². The monoisotopic (exact) mass is 727 g/mol. The Morgan fingerprint density at radius 2 is 1.44 bits per heavy atom. The quantitative estimate of drug-likeness (QED) is 0.121. The topological polar surface area (TPSA) is 98.7 Å². The molecule has 2 atom stereocenters. The molecule has 7 nitrogen and oxygen atoms in total. The maximum Gasteiger partial charge on any atom is 0.255 e. The van der Waals surface area contributed by atoms with Gasteiger partial charge in [0.2, 0.25) is 10.0 Å². The van der Waals surface area contributed by atoms with E-state index in [0.717, 1.165) is 0 Å². The number of nitrogens with one attached hydrogen (secondary N) is 2. The summed E-state index contributed by atoms with van der Waals surface area (Å²) in [5.41, 5.74) is 0.818. The Hall–Kier alpha value is -4.97. The summed E-state index contributed by atoms with van der Waals surface area (Å²) in [5.74, 6) is -2.20. The molecule has 11 heteroatoms. The third-order valence-corrected chi connectivity index (χ3v) is 11.9. The van der Waals surface area contributed by atoms with Crippen LogP contribution in [0.5, 0.6) is 5.75 Å². The van der Waals surface area contributed by atoms with Crippen molar-refractivity contribution in [2.45, 2.75) is 48.6 Å². The number of carbonyl (C=O) groups is 1. The summed E-state index contributed by atoms with van der Waals surface area (Å²) in [6.45, 7) is 2.69. The van der Waals surface area contributed by atoms with E-state index in [1.807, 2.05) is 6.92 Å². The summed E-state index contributed by atoms with van der Waals surface area (Å²) in [5, 5.41) is 16.5. The van der Waals surface area contributed by atoms with Crippen molar-refractivity contribution in [1.29, 1.82) is 0 Å². The van der Waals surface area contributed by atoms with Crippen molar-refractivity contribution < 1.29 is 31.5 Å². The summed E-state index contributed by atoms with van der Waals surface area (Å²) in [6, 6.07) is 29.8. The Kier molecular flexibility index (Phi) is 11.1. The lowest BCUT2D eigenvalue weighted by molar-refractivity contribution is 0.0949. The number of para-hydroxylation sites is 1. The summed E-state index contributed by atoms with van der Waals surface area (Å²) in [7, 11) is -3.88. The van der Waals surface area contributed by atoms with Crippen molar-refractivity contribution in [3.8, 4) is 5.75 Å². The Balaban J connectivity index is 1.43. The highest BCUT2D eigenvalue weighted by Crippen LogP contribution is 2.45. The average molecular weight is 728 g/mol. The average Bonchev–Trinajstić information content (AvgIpc) is 3.14. The molecule has 0 aliphatic carbocycles. The number of hydrogen-bond donors (Lipinski definition) is 3. The molecule has 1 fully saturated rings. The number of nitrogens with zero attached hydrogens (tertiary/aromatic N) is 1. The van der Waals surface area contributed by atoms with Crippen LogP contribution in [0, 0.1) is 17.5 Å². The number of rotatable bonds is 12. The van der Waals surface area contributed by atoms with E-state index in [0.29, 0.717) is 35.3 Å². The molecule has 3 N–H and O–H groups in total. The van der Waals surface area contributed by atoms with Crippen LogP contribution in [0.2, 0.25) is 0 Å². The van der Waals surface area contributed by atoms with Crippen LogP contribution in [0.4, 0.5) is 13.2 Å². The Labute approximate surface area is 302 Å². The van der Waals surface area contributed by atoms with E-state index in [-0.39, 0.29) is 48.1 Å². The molecule has 1 amide bonds. The first-order chi connectivity index (χ1) is 25.0. The first kappa shape index (κ1) is 36.8. The van der Waals surface area contributed by atoms with Crippen LogP contribution in [-0.2, 0) is 21.9 Å². The number of halogens is 3. The van der Waals surface area contributed by atoms with Gasteiger partial charge >= 0.3 is 0 Å². The molecule has 5 aromatic carbocycles. The van der Waals surface area contributed by atoms with Gasteiger partial charge in [-0.1, -0.05) is 66.7 Å². The molecule has 1 heterocycles. The molecule has 1 aliphatic rings. The zero-order chi connectivity index (χ0) is 36.9. The van der Waals surface area contributed by atoms with Gasteiger partial charge in [0.05, 0.1) is 10.5 Å². The minimum Gasteiger partial charge on any atom is -0.507 e. The van der Waals surface area contributed by atoms with Gasteiger partial charge in [-0.3, -0.25) is 4.79 Å². The van der Waals surface area contributed by atoms with Gasteiger partial charge in [-0.25, -0.2) is 21.6 Å². The molecule has 5 aromatic rings. The van der Waals surface area contributed by atoms with E-state index < -0.39 is 44.8 Å². The van der Waals surface area contributed by atoms with Gasteiger partial charge in [0, 0.05) is 37.1 Å². The third-order valence-electron chi connectivity index (χ3n) is 9.85. The summed E-state index contributed by atoms with van der Waals surface area (Å²) < 4.78 is 74.6. The molecule has 1 aliphatic heterocycles. The van der Waals surface area contributed by atoms with Crippen LogP contribution < -0.4 is 10.6 Å². The molecule has 0 unspecified atom stereocenters. The van der Waals surface area contributed by atoms with Crippen LogP contribution in [0.15, 0.2) is 126 Å². The van der Waals surface area contributed by atoms with E-state index in [1.54, 1.807) is 78.9 Å². The lowest BCUT2D eigenvalue weighted by atomic mass is 9.65. The maximum absolute atomic E-state index is 16.3. The van der Waals surface area contributed by atoms with Crippen molar-refractivity contribution in [2.75, 3.05) is 19.6 Å². The molecule has 0 bridgehead atoms. The lowest BCUT2D eigenvalue weighted by Crippen LogP contribution is -2.58. The molecule has 1 saturated heterocycles. The number of phenolic OH excluding ortho intramolecular Hbond substituents is 1. The van der Waals surface area contributed by atoms with Gasteiger partial charge in [-0.05, 0) is 103 Å². The second-order valence-electron chi connectivity index (χ2n) is 13.1. The number of sulfonamides is 1. The smallest absolute Gasteiger partial charge is 0.255 e. The zero-order valence-corrected chi connectivity index (χ0v) is 29.4. The van der Waals surface area contributed by atoms with E-state index in [4.69, 9.17) is 0 Å². The van der Waals surface area contributed by atoms with Crippen molar-refractivity contribution >= 4 is 15.9 Å². The normalized spacial score (nSPS) is 16.8. The molecule has 0 saturated carbocycles. The largest absolute Gasteiger partial charge is 0.507 e. The molecular formula is C41H40F3N3O4S. The minimum atomic E-state index is -3.88. The van der Waals surface area contributed by atoms with E-state index in [1.165, 1.54) is 46.8 Å². The van der Waals surface area contributed by atoms with E-state index >= 15 is 4.39 Å². The van der Waals surface area contributed by atoms with Crippen LogP contribution in [0.3, 0.4) is 0 Å². The van der Waals surface area contributed by atoms with Crippen LogP contribution in [0.1, 0.15) is 52.4 Å². The summed E-state index contributed by atoms with van der Waals surface area (Å²) in [6.07, 6.45) is 0.539. The SMILES string of the molecule is C[C@@H]1CNC[C@@H](CCc2c(F)cccc2C(CCNC(=O)c2ccccc2O)(c2ccc(F)cc2)c2ccc(F)cc2)N1S(=O)(=O)c1ccccc1. The van der Waals surface area contributed by atoms with Gasteiger partial charge in [-0.2, -0.15) is 4.31 Å². The van der Waals surface area contributed by atoms with Crippen molar-refractivity contribution in [3.05, 3.63) is 167 Å². The van der Waals surface area contributed by atoms with Gasteiger partial charge in [0.1, 0.15) is 23.2 Å². The number of carbonyl (C=O) groups excluding carboxylic acids is 1. The predicted molar refractivity (Wildman–Crippen MR) is 194 cm³/mol. The Bertz CT molecular complexity index is 2070. The van der Waals surface area contributed by atoms with Gasteiger partial charge < -0.3 is 15.7 Å². The van der Waals surface area contributed by atoms with Crippen molar-refractivity contribution in [2.24, 2.45) is 0 Å². The maximum atomic E-state index is 16.3. The molecule has 6 rings (SSSR count). The van der Waals surface area contributed by atoms with Crippen molar-refractivity contribution in [3.63, 3.8) is 0 Å². The summed E-state index contributed by atoms with van der Waals surface area (Å²) >= 11 is 0. The highest BCUT2D eigenvalue weighted by molar-refractivity contribution is 7.89. The van der Waals surface area contributed by atoms with Crippen LogP contribution in [-0.4, -0.2) is 55.5 Å².